The number of nitrogens with one attached hydrogen (secondary N) is 1. The quantitative estimate of drug-likeness (QED) is 0.838. The van der Waals surface area contributed by atoms with E-state index in [9.17, 15) is 9.18 Å². The Morgan fingerprint density at radius 2 is 2.35 bits per heavy atom. The fourth-order valence-corrected chi connectivity index (χ4v) is 3.42. The number of halogens is 2. The highest BCUT2D eigenvalue weighted by Gasteiger charge is 2.21. The smallest absolute Gasteiger partial charge is 0.276 e. The maximum atomic E-state index is 14.0. The lowest BCUT2D eigenvalue weighted by atomic mass is 10.00. The normalized spacial score (nSPS) is 17.3. The van der Waals surface area contributed by atoms with Crippen LogP contribution in [0.4, 0.5) is 4.39 Å². The number of nitrogens with zero attached hydrogens (tertiary/aromatic N) is 4. The number of benzene rings is 1. The summed E-state index contributed by atoms with van der Waals surface area (Å²) in [7, 11) is 0. The van der Waals surface area contributed by atoms with Crippen LogP contribution in [0.2, 0.25) is 5.02 Å². The molecule has 140 valence electrons. The maximum absolute atomic E-state index is 14.0. The van der Waals surface area contributed by atoms with Crippen molar-refractivity contribution >= 4 is 17.5 Å². The highest BCUT2D eigenvalue weighted by atomic mass is 35.5. The van der Waals surface area contributed by atoms with Crippen molar-refractivity contribution in [3.8, 4) is 0 Å². The van der Waals surface area contributed by atoms with Gasteiger partial charge in [-0.15, -0.1) is 5.10 Å². The molecule has 1 saturated heterocycles. The molecule has 0 spiro atoms. The van der Waals surface area contributed by atoms with Crippen LogP contribution < -0.4 is 5.32 Å². The Hall–Kier alpha value is -1.99. The Kier molecular flexibility index (Phi) is 6.21. The molecular formula is C18H23ClFN5O. The average Bonchev–Trinajstić information content (AvgIpc) is 3.10. The molecule has 6 nitrogen and oxygen atoms in total. The predicted octanol–water partition coefficient (Wildman–Crippen LogP) is 2.73. The summed E-state index contributed by atoms with van der Waals surface area (Å²) in [6.07, 6.45) is 3.96. The summed E-state index contributed by atoms with van der Waals surface area (Å²) in [5.41, 5.74) is 0.577. The van der Waals surface area contributed by atoms with Crippen LogP contribution >= 0.6 is 11.6 Å². The minimum Gasteiger partial charge on any atom is -0.333 e. The van der Waals surface area contributed by atoms with Gasteiger partial charge in [-0.05, 0) is 50.9 Å². The van der Waals surface area contributed by atoms with Crippen molar-refractivity contribution in [2.24, 2.45) is 5.92 Å². The van der Waals surface area contributed by atoms with Crippen LogP contribution in [0.5, 0.6) is 0 Å². The third kappa shape index (κ3) is 4.40. The zero-order valence-electron chi connectivity index (χ0n) is 14.8. The van der Waals surface area contributed by atoms with E-state index in [1.54, 1.807) is 23.0 Å². The monoisotopic (exact) mass is 379 g/mol. The molecule has 0 saturated carbocycles. The number of amides is 1. The van der Waals surface area contributed by atoms with E-state index in [2.05, 4.69) is 15.6 Å². The molecule has 1 aliphatic rings. The van der Waals surface area contributed by atoms with Gasteiger partial charge in [-0.1, -0.05) is 22.9 Å². The molecule has 1 fully saturated rings. The predicted molar refractivity (Wildman–Crippen MR) is 97.4 cm³/mol. The van der Waals surface area contributed by atoms with Crippen molar-refractivity contribution in [3.05, 3.63) is 46.5 Å². The third-order valence-corrected chi connectivity index (χ3v) is 5.04. The average molecular weight is 380 g/mol. The van der Waals surface area contributed by atoms with Crippen molar-refractivity contribution in [2.45, 2.75) is 32.9 Å². The van der Waals surface area contributed by atoms with Gasteiger partial charge in [0, 0.05) is 23.7 Å². The van der Waals surface area contributed by atoms with Crippen LogP contribution in [0.3, 0.4) is 0 Å². The van der Waals surface area contributed by atoms with Crippen molar-refractivity contribution in [1.29, 1.82) is 0 Å². The molecule has 1 atom stereocenters. The first kappa shape index (κ1) is 18.8. The van der Waals surface area contributed by atoms with Crippen LogP contribution in [-0.2, 0) is 13.1 Å². The number of piperidine rings is 1. The van der Waals surface area contributed by atoms with E-state index < -0.39 is 5.82 Å². The largest absolute Gasteiger partial charge is 0.333 e. The number of aromatic nitrogens is 3. The van der Waals surface area contributed by atoms with Crippen LogP contribution in [-0.4, -0.2) is 45.4 Å². The van der Waals surface area contributed by atoms with Gasteiger partial charge in [0.2, 0.25) is 0 Å². The van der Waals surface area contributed by atoms with Gasteiger partial charge >= 0.3 is 0 Å². The van der Waals surface area contributed by atoms with Crippen molar-refractivity contribution in [2.75, 3.05) is 19.6 Å². The molecule has 1 N–H and O–H groups in total. The first-order valence-electron chi connectivity index (χ1n) is 8.91. The molecule has 2 heterocycles. The number of carbonyl (C=O) groups is 1. The van der Waals surface area contributed by atoms with Crippen LogP contribution in [0, 0.1) is 11.7 Å². The Morgan fingerprint density at radius 3 is 3.04 bits per heavy atom. The van der Waals surface area contributed by atoms with Crippen LogP contribution in [0.25, 0.3) is 0 Å². The van der Waals surface area contributed by atoms with E-state index in [0.29, 0.717) is 23.0 Å². The highest BCUT2D eigenvalue weighted by Crippen LogP contribution is 2.21. The van der Waals surface area contributed by atoms with Crippen molar-refractivity contribution in [3.63, 3.8) is 0 Å². The topological polar surface area (TPSA) is 63.1 Å². The first-order valence-corrected chi connectivity index (χ1v) is 9.29. The molecule has 1 aliphatic heterocycles. The molecule has 1 amide bonds. The summed E-state index contributed by atoms with van der Waals surface area (Å²) < 4.78 is 15.7. The van der Waals surface area contributed by atoms with E-state index in [0.717, 1.165) is 32.5 Å². The molecule has 1 aromatic heterocycles. The summed E-state index contributed by atoms with van der Waals surface area (Å²) in [4.78, 5) is 14.3. The van der Waals surface area contributed by atoms with Crippen molar-refractivity contribution < 1.29 is 9.18 Å². The van der Waals surface area contributed by atoms with Gasteiger partial charge in [0.25, 0.3) is 5.91 Å². The lowest BCUT2D eigenvalue weighted by molar-refractivity contribution is 0.0745. The minimum atomic E-state index is -0.419. The van der Waals surface area contributed by atoms with E-state index >= 15 is 0 Å². The van der Waals surface area contributed by atoms with Gasteiger partial charge in [-0.25, -0.2) is 4.39 Å². The second-order valence-corrected chi connectivity index (χ2v) is 6.96. The van der Waals surface area contributed by atoms with E-state index in [1.165, 1.54) is 11.0 Å². The van der Waals surface area contributed by atoms with Gasteiger partial charge < -0.3 is 10.2 Å². The fraction of sp³-hybridized carbons (Fsp3) is 0.500. The molecule has 3 rings (SSSR count). The minimum absolute atomic E-state index is 0.0975. The molecule has 2 aromatic rings. The standard InChI is InChI=1S/C18H23ClFN5O/c1-2-24(11-14-15(19)6-3-7-16(14)20)18(26)17-12-25(23-22-17)10-13-5-4-8-21-9-13/h3,6-7,12-13,21H,2,4-5,8-11H2,1H3/t13-/m1/s1. The molecule has 1 aromatic carbocycles. The summed E-state index contributed by atoms with van der Waals surface area (Å²) in [6, 6.07) is 4.51. The second kappa shape index (κ2) is 8.60. The molecule has 0 aliphatic carbocycles. The fourth-order valence-electron chi connectivity index (χ4n) is 3.19. The number of carbonyl (C=O) groups excluding carboxylic acids is 1. The maximum Gasteiger partial charge on any atom is 0.276 e. The van der Waals surface area contributed by atoms with Crippen molar-refractivity contribution in [1.82, 2.24) is 25.2 Å². The van der Waals surface area contributed by atoms with E-state index in [-0.39, 0.29) is 18.1 Å². The number of rotatable bonds is 6. The molecule has 26 heavy (non-hydrogen) atoms. The lowest BCUT2D eigenvalue weighted by Crippen LogP contribution is -2.32. The van der Waals surface area contributed by atoms with Gasteiger partial charge in [0.05, 0.1) is 12.7 Å². The summed E-state index contributed by atoms with van der Waals surface area (Å²) in [6.45, 7) is 5.10. The first-order chi connectivity index (χ1) is 12.6. The Balaban J connectivity index is 1.68. The van der Waals surface area contributed by atoms with E-state index in [4.69, 9.17) is 11.6 Å². The Morgan fingerprint density at radius 1 is 1.50 bits per heavy atom. The Bertz CT molecular complexity index is 740. The van der Waals surface area contributed by atoms with Crippen LogP contribution in [0.1, 0.15) is 35.8 Å². The lowest BCUT2D eigenvalue weighted by Gasteiger charge is -2.22. The molecule has 0 bridgehead atoms. The number of hydrogen-bond donors (Lipinski definition) is 1. The zero-order chi connectivity index (χ0) is 18.5. The SMILES string of the molecule is CCN(Cc1c(F)cccc1Cl)C(=O)c1cn(C[C@@H]2CCCNC2)nn1. The zero-order valence-corrected chi connectivity index (χ0v) is 15.5. The van der Waals surface area contributed by atoms with E-state index in [1.807, 2.05) is 6.92 Å². The highest BCUT2D eigenvalue weighted by molar-refractivity contribution is 6.31. The van der Waals surface area contributed by atoms with Gasteiger partial charge in [-0.3, -0.25) is 9.48 Å². The summed E-state index contributed by atoms with van der Waals surface area (Å²) in [5.74, 6) is -0.204. The Labute approximate surface area is 157 Å². The second-order valence-electron chi connectivity index (χ2n) is 6.56. The molecule has 8 heteroatoms. The van der Waals surface area contributed by atoms with Gasteiger partial charge in [0.15, 0.2) is 5.69 Å². The molecular weight excluding hydrogens is 357 g/mol. The third-order valence-electron chi connectivity index (χ3n) is 4.68. The number of hydrogen-bond acceptors (Lipinski definition) is 4. The molecule has 0 unspecified atom stereocenters. The van der Waals surface area contributed by atoms with Gasteiger partial charge in [-0.2, -0.15) is 0 Å². The summed E-state index contributed by atoms with van der Waals surface area (Å²) in [5, 5.41) is 11.8. The summed E-state index contributed by atoms with van der Waals surface area (Å²) >= 11 is 6.08. The van der Waals surface area contributed by atoms with Crippen LogP contribution in [0.15, 0.2) is 24.4 Å². The van der Waals surface area contributed by atoms with Gasteiger partial charge in [0.1, 0.15) is 5.82 Å². The molecule has 0 radical (unpaired) electrons.